The largest absolute Gasteiger partial charge is 0.481 e. The van der Waals surface area contributed by atoms with E-state index in [0.29, 0.717) is 17.9 Å². The van der Waals surface area contributed by atoms with Crippen LogP contribution in [0.25, 0.3) is 0 Å². The predicted octanol–water partition coefficient (Wildman–Crippen LogP) is 4.89. The van der Waals surface area contributed by atoms with Crippen molar-refractivity contribution in [1.82, 2.24) is 5.32 Å². The molecule has 0 fully saturated rings. The van der Waals surface area contributed by atoms with Crippen LogP contribution >= 0.6 is 0 Å². The SMILES string of the molecule is CCc1cccc(C)c1NC(=O)[C@@H](C)Oc1ccc(C(=O)NCc2ccccc2)cc1. The summed E-state index contributed by atoms with van der Waals surface area (Å²) >= 11 is 0. The molecule has 0 unspecified atom stereocenters. The molecule has 0 aromatic heterocycles. The average molecular weight is 417 g/mol. The summed E-state index contributed by atoms with van der Waals surface area (Å²) in [5.41, 5.74) is 4.52. The van der Waals surface area contributed by atoms with Gasteiger partial charge in [-0.05, 0) is 61.2 Å². The number of nitrogens with one attached hydrogen (secondary N) is 2. The van der Waals surface area contributed by atoms with Gasteiger partial charge in [-0.15, -0.1) is 0 Å². The normalized spacial score (nSPS) is 11.5. The molecule has 3 aromatic rings. The van der Waals surface area contributed by atoms with Gasteiger partial charge in [0.2, 0.25) is 0 Å². The van der Waals surface area contributed by atoms with Crippen LogP contribution in [0.3, 0.4) is 0 Å². The van der Waals surface area contributed by atoms with Crippen molar-refractivity contribution in [2.75, 3.05) is 5.32 Å². The second-order valence-electron chi connectivity index (χ2n) is 7.40. The van der Waals surface area contributed by atoms with Gasteiger partial charge in [0.05, 0.1) is 0 Å². The molecule has 0 bridgehead atoms. The van der Waals surface area contributed by atoms with E-state index in [0.717, 1.165) is 28.8 Å². The van der Waals surface area contributed by atoms with Crippen molar-refractivity contribution in [3.8, 4) is 5.75 Å². The van der Waals surface area contributed by atoms with Crippen molar-refractivity contribution < 1.29 is 14.3 Å². The quantitative estimate of drug-likeness (QED) is 0.549. The first-order valence-electron chi connectivity index (χ1n) is 10.5. The lowest BCUT2D eigenvalue weighted by atomic mass is 10.1. The van der Waals surface area contributed by atoms with Gasteiger partial charge in [-0.25, -0.2) is 0 Å². The molecule has 0 aliphatic carbocycles. The first-order valence-corrected chi connectivity index (χ1v) is 10.5. The molecule has 31 heavy (non-hydrogen) atoms. The zero-order valence-electron chi connectivity index (χ0n) is 18.1. The molecule has 5 heteroatoms. The Bertz CT molecular complexity index is 1030. The summed E-state index contributed by atoms with van der Waals surface area (Å²) in [5, 5.41) is 5.88. The fourth-order valence-electron chi connectivity index (χ4n) is 3.25. The third kappa shape index (κ3) is 5.95. The van der Waals surface area contributed by atoms with Gasteiger partial charge in [-0.1, -0.05) is 55.5 Å². The topological polar surface area (TPSA) is 67.4 Å². The van der Waals surface area contributed by atoms with Crippen LogP contribution in [0, 0.1) is 6.92 Å². The van der Waals surface area contributed by atoms with Crippen LogP contribution in [0.4, 0.5) is 5.69 Å². The molecule has 3 aromatic carbocycles. The standard InChI is InChI=1S/C26H28N2O3/c1-4-21-12-8-9-18(2)24(21)28-25(29)19(3)31-23-15-13-22(14-16-23)26(30)27-17-20-10-6-5-7-11-20/h5-16,19H,4,17H2,1-3H3,(H,27,30)(H,28,29)/t19-/m1/s1. The van der Waals surface area contributed by atoms with Crippen LogP contribution in [0.2, 0.25) is 0 Å². The second kappa shape index (κ2) is 10.4. The Labute approximate surface area is 183 Å². The maximum atomic E-state index is 12.6. The summed E-state index contributed by atoms with van der Waals surface area (Å²) in [7, 11) is 0. The van der Waals surface area contributed by atoms with E-state index in [1.165, 1.54) is 0 Å². The molecule has 0 saturated heterocycles. The first kappa shape index (κ1) is 22.1. The van der Waals surface area contributed by atoms with Gasteiger partial charge in [0.15, 0.2) is 6.10 Å². The molecule has 1 atom stereocenters. The smallest absolute Gasteiger partial charge is 0.265 e. The number of ether oxygens (including phenoxy) is 1. The Hall–Kier alpha value is -3.60. The van der Waals surface area contributed by atoms with Crippen molar-refractivity contribution in [3.63, 3.8) is 0 Å². The van der Waals surface area contributed by atoms with Gasteiger partial charge in [0, 0.05) is 17.8 Å². The van der Waals surface area contributed by atoms with Crippen molar-refractivity contribution in [2.24, 2.45) is 0 Å². The van der Waals surface area contributed by atoms with Crippen molar-refractivity contribution in [1.29, 1.82) is 0 Å². The number of aryl methyl sites for hydroxylation is 2. The number of rotatable bonds is 8. The monoisotopic (exact) mass is 416 g/mol. The molecule has 160 valence electrons. The van der Waals surface area contributed by atoms with Crippen molar-refractivity contribution in [2.45, 2.75) is 39.8 Å². The molecule has 0 spiro atoms. The maximum absolute atomic E-state index is 12.6. The minimum Gasteiger partial charge on any atom is -0.481 e. The van der Waals surface area contributed by atoms with E-state index in [1.54, 1.807) is 31.2 Å². The van der Waals surface area contributed by atoms with E-state index < -0.39 is 6.10 Å². The third-order valence-electron chi connectivity index (χ3n) is 5.08. The molecule has 0 heterocycles. The molecule has 0 saturated carbocycles. The zero-order valence-corrected chi connectivity index (χ0v) is 18.1. The van der Waals surface area contributed by atoms with Gasteiger partial charge in [0.1, 0.15) is 5.75 Å². The third-order valence-corrected chi connectivity index (χ3v) is 5.08. The average Bonchev–Trinajstić information content (AvgIpc) is 2.79. The summed E-state index contributed by atoms with van der Waals surface area (Å²) in [5.74, 6) is 0.157. The van der Waals surface area contributed by atoms with Gasteiger partial charge >= 0.3 is 0 Å². The number of carbonyl (C=O) groups is 2. The Morgan fingerprint density at radius 2 is 1.65 bits per heavy atom. The lowest BCUT2D eigenvalue weighted by Crippen LogP contribution is -2.30. The Morgan fingerprint density at radius 3 is 2.32 bits per heavy atom. The van der Waals surface area contributed by atoms with Crippen molar-refractivity contribution in [3.05, 3.63) is 95.1 Å². The number of benzene rings is 3. The minimum absolute atomic E-state index is 0.159. The van der Waals surface area contributed by atoms with Gasteiger partial charge in [0.25, 0.3) is 11.8 Å². The summed E-state index contributed by atoms with van der Waals surface area (Å²) in [6.45, 7) is 6.21. The maximum Gasteiger partial charge on any atom is 0.265 e. The van der Waals surface area contributed by atoms with Crippen LogP contribution in [0.1, 0.15) is 40.9 Å². The summed E-state index contributed by atoms with van der Waals surface area (Å²) in [6.07, 6.45) is 0.155. The molecule has 3 rings (SSSR count). The summed E-state index contributed by atoms with van der Waals surface area (Å²) < 4.78 is 5.78. The summed E-state index contributed by atoms with van der Waals surface area (Å²) in [6, 6.07) is 22.5. The fourth-order valence-corrected chi connectivity index (χ4v) is 3.25. The molecule has 0 aliphatic heterocycles. The van der Waals surface area contributed by atoms with E-state index in [2.05, 4.69) is 17.6 Å². The highest BCUT2D eigenvalue weighted by Crippen LogP contribution is 2.22. The van der Waals surface area contributed by atoms with Gasteiger partial charge in [-0.2, -0.15) is 0 Å². The Balaban J connectivity index is 1.56. The number of carbonyl (C=O) groups excluding carboxylic acids is 2. The lowest BCUT2D eigenvalue weighted by Gasteiger charge is -2.18. The van der Waals surface area contributed by atoms with E-state index in [4.69, 9.17) is 4.74 Å². The molecule has 2 N–H and O–H groups in total. The number of para-hydroxylation sites is 1. The molecule has 0 radical (unpaired) electrons. The van der Waals surface area contributed by atoms with Crippen LogP contribution in [0.5, 0.6) is 5.75 Å². The van der Waals surface area contributed by atoms with Gasteiger partial charge < -0.3 is 15.4 Å². The lowest BCUT2D eigenvalue weighted by molar-refractivity contribution is -0.122. The second-order valence-corrected chi connectivity index (χ2v) is 7.40. The van der Waals surface area contributed by atoms with E-state index in [1.807, 2.05) is 55.5 Å². The van der Waals surface area contributed by atoms with E-state index >= 15 is 0 Å². The molecule has 2 amide bonds. The number of hydrogen-bond donors (Lipinski definition) is 2. The van der Waals surface area contributed by atoms with Gasteiger partial charge in [-0.3, -0.25) is 9.59 Å². The first-order chi connectivity index (χ1) is 15.0. The molecule has 0 aliphatic rings. The van der Waals surface area contributed by atoms with Crippen molar-refractivity contribution >= 4 is 17.5 Å². The highest BCUT2D eigenvalue weighted by molar-refractivity contribution is 5.96. The Morgan fingerprint density at radius 1 is 0.935 bits per heavy atom. The van der Waals surface area contributed by atoms with Crippen LogP contribution < -0.4 is 15.4 Å². The fraction of sp³-hybridized carbons (Fsp3) is 0.231. The predicted molar refractivity (Wildman–Crippen MR) is 123 cm³/mol. The summed E-state index contributed by atoms with van der Waals surface area (Å²) in [4.78, 5) is 25.0. The highest BCUT2D eigenvalue weighted by Gasteiger charge is 2.17. The number of amides is 2. The molecular formula is C26H28N2O3. The highest BCUT2D eigenvalue weighted by atomic mass is 16.5. The number of hydrogen-bond acceptors (Lipinski definition) is 3. The van der Waals surface area contributed by atoms with Crippen LogP contribution in [0.15, 0.2) is 72.8 Å². The van der Waals surface area contributed by atoms with E-state index in [9.17, 15) is 9.59 Å². The van der Waals surface area contributed by atoms with Crippen LogP contribution in [-0.4, -0.2) is 17.9 Å². The molecular weight excluding hydrogens is 388 g/mol. The Kier molecular flexibility index (Phi) is 7.44. The zero-order chi connectivity index (χ0) is 22.2. The van der Waals surface area contributed by atoms with Crippen LogP contribution in [-0.2, 0) is 17.8 Å². The number of anilines is 1. The minimum atomic E-state index is -0.679. The van der Waals surface area contributed by atoms with E-state index in [-0.39, 0.29) is 11.8 Å². The molecule has 5 nitrogen and oxygen atoms in total.